The van der Waals surface area contributed by atoms with E-state index in [4.69, 9.17) is 26.7 Å². The fourth-order valence-electron chi connectivity index (χ4n) is 4.26. The molecule has 0 spiro atoms. The summed E-state index contributed by atoms with van der Waals surface area (Å²) >= 11 is 6.69. The van der Waals surface area contributed by atoms with E-state index in [-0.39, 0.29) is 19.3 Å². The van der Waals surface area contributed by atoms with Gasteiger partial charge < -0.3 is 14.7 Å². The van der Waals surface area contributed by atoms with Crippen molar-refractivity contribution in [3.05, 3.63) is 94.0 Å². The summed E-state index contributed by atoms with van der Waals surface area (Å²) in [4.78, 5) is 4.83. The predicted molar refractivity (Wildman–Crippen MR) is 132 cm³/mol. The zero-order chi connectivity index (χ0) is 23.2. The van der Waals surface area contributed by atoms with Gasteiger partial charge in [0.05, 0.1) is 35.0 Å². The van der Waals surface area contributed by atoms with Gasteiger partial charge in [0.15, 0.2) is 0 Å². The molecule has 1 aliphatic rings. The van der Waals surface area contributed by atoms with Crippen molar-refractivity contribution in [3.8, 4) is 11.8 Å². The molecule has 4 rings (SSSR count). The largest absolute Gasteiger partial charge is 0.491 e. The van der Waals surface area contributed by atoms with Crippen LogP contribution in [0.5, 0.6) is 5.75 Å². The number of benzene rings is 3. The van der Waals surface area contributed by atoms with E-state index in [1.165, 1.54) is 16.7 Å². The Bertz CT molecular complexity index is 1110. The number of rotatable bonds is 7. The normalized spacial score (nSPS) is 16.4. The summed E-state index contributed by atoms with van der Waals surface area (Å²) in [6, 6.07) is 24.6. The molecule has 33 heavy (non-hydrogen) atoms. The van der Waals surface area contributed by atoms with Crippen LogP contribution in [0, 0.1) is 18.3 Å². The summed E-state index contributed by atoms with van der Waals surface area (Å²) in [5.41, 5.74) is 5.35. The third-order valence-corrected chi connectivity index (χ3v) is 6.31. The minimum Gasteiger partial charge on any atom is -0.491 e. The van der Waals surface area contributed by atoms with Gasteiger partial charge in [-0.15, -0.1) is 0 Å². The molecule has 3 aromatic rings. The molecule has 1 N–H and O–H groups in total. The van der Waals surface area contributed by atoms with Gasteiger partial charge in [0.1, 0.15) is 12.4 Å². The lowest BCUT2D eigenvalue weighted by Gasteiger charge is -2.43. The number of ether oxygens (including phenoxy) is 1. The summed E-state index contributed by atoms with van der Waals surface area (Å²) in [5.74, 6) is 0.657. The quantitative estimate of drug-likeness (QED) is 0.539. The van der Waals surface area contributed by atoms with Gasteiger partial charge in [-0.3, -0.25) is 4.90 Å². The van der Waals surface area contributed by atoms with Crippen LogP contribution < -0.4 is 9.64 Å². The van der Waals surface area contributed by atoms with Crippen LogP contribution in [0.1, 0.15) is 28.3 Å². The molecule has 6 heteroatoms. The first-order chi connectivity index (χ1) is 16.1. The molecule has 1 fully saturated rings. The van der Waals surface area contributed by atoms with Crippen molar-refractivity contribution in [1.82, 2.24) is 4.90 Å². The van der Waals surface area contributed by atoms with Crippen LogP contribution in [-0.4, -0.2) is 42.9 Å². The van der Waals surface area contributed by atoms with Crippen LogP contribution in [-0.2, 0) is 6.54 Å². The summed E-state index contributed by atoms with van der Waals surface area (Å²) in [6.45, 7) is 5.76. The summed E-state index contributed by atoms with van der Waals surface area (Å²) in [6.07, 6.45) is 0. The maximum absolute atomic E-state index is 9.05. The summed E-state index contributed by atoms with van der Waals surface area (Å²) in [7, 11) is 0. The van der Waals surface area contributed by atoms with E-state index in [1.54, 1.807) is 0 Å². The van der Waals surface area contributed by atoms with Crippen LogP contribution in [0.3, 0.4) is 0 Å². The van der Waals surface area contributed by atoms with Gasteiger partial charge in [0, 0.05) is 32.2 Å². The smallest absolute Gasteiger partial charge is 0.121 e. The molecule has 1 atom stereocenters. The Morgan fingerprint density at radius 1 is 1.06 bits per heavy atom. The SMILES string of the molecule is Cc1ccc([C@@H]2CN(Cc3ccc(C#N)cc3)CCN2c2ccc(OCCO)cc2Cl)cc1. The molecule has 0 unspecified atom stereocenters. The number of anilines is 1. The van der Waals surface area contributed by atoms with Crippen LogP contribution in [0.2, 0.25) is 5.02 Å². The highest BCUT2D eigenvalue weighted by Gasteiger charge is 2.29. The van der Waals surface area contributed by atoms with E-state index < -0.39 is 0 Å². The summed E-state index contributed by atoms with van der Waals surface area (Å²) in [5, 5.41) is 18.7. The molecular formula is C27H28ClN3O2. The second-order valence-electron chi connectivity index (χ2n) is 8.35. The van der Waals surface area contributed by atoms with E-state index in [9.17, 15) is 0 Å². The van der Waals surface area contributed by atoms with E-state index in [0.717, 1.165) is 31.9 Å². The number of piperazine rings is 1. The van der Waals surface area contributed by atoms with Crippen molar-refractivity contribution >= 4 is 17.3 Å². The fourth-order valence-corrected chi connectivity index (χ4v) is 4.54. The molecule has 1 saturated heterocycles. The van der Waals surface area contributed by atoms with Crippen molar-refractivity contribution in [2.75, 3.05) is 37.7 Å². The average molecular weight is 462 g/mol. The number of aryl methyl sites for hydroxylation is 1. The lowest BCUT2D eigenvalue weighted by Crippen LogP contribution is -2.48. The minimum atomic E-state index is -0.0317. The third-order valence-electron chi connectivity index (χ3n) is 6.00. The first kappa shape index (κ1) is 23.1. The van der Waals surface area contributed by atoms with E-state index in [2.05, 4.69) is 47.1 Å². The highest BCUT2D eigenvalue weighted by Crippen LogP contribution is 2.37. The Hall–Kier alpha value is -3.04. The van der Waals surface area contributed by atoms with Gasteiger partial charge >= 0.3 is 0 Å². The zero-order valence-electron chi connectivity index (χ0n) is 18.7. The van der Waals surface area contributed by atoms with Crippen molar-refractivity contribution in [1.29, 1.82) is 5.26 Å². The molecule has 1 aliphatic heterocycles. The van der Waals surface area contributed by atoms with Crippen LogP contribution in [0.25, 0.3) is 0 Å². The molecule has 0 amide bonds. The molecule has 0 bridgehead atoms. The molecular weight excluding hydrogens is 434 g/mol. The minimum absolute atomic E-state index is 0.0317. The standard InChI is InChI=1S/C27H28ClN3O2/c1-20-2-8-23(9-3-20)27-19-30(18-22-6-4-21(17-29)5-7-22)12-13-31(27)26-11-10-24(16-25(26)28)33-15-14-32/h2-11,16,27,32H,12-15,18-19H2,1H3/t27-/m0/s1. The van der Waals surface area contributed by atoms with Gasteiger partial charge in [0.2, 0.25) is 0 Å². The van der Waals surface area contributed by atoms with Crippen molar-refractivity contribution < 1.29 is 9.84 Å². The Morgan fingerprint density at radius 3 is 2.48 bits per heavy atom. The highest BCUT2D eigenvalue weighted by atomic mass is 35.5. The molecule has 0 saturated carbocycles. The molecule has 0 radical (unpaired) electrons. The number of halogens is 1. The lowest BCUT2D eigenvalue weighted by atomic mass is 9.99. The first-order valence-corrected chi connectivity index (χ1v) is 11.5. The second-order valence-corrected chi connectivity index (χ2v) is 8.76. The lowest BCUT2D eigenvalue weighted by molar-refractivity contribution is 0.201. The van der Waals surface area contributed by atoms with Crippen molar-refractivity contribution in [2.24, 2.45) is 0 Å². The van der Waals surface area contributed by atoms with Crippen molar-refractivity contribution in [2.45, 2.75) is 19.5 Å². The van der Waals surface area contributed by atoms with E-state index in [1.807, 2.05) is 42.5 Å². The zero-order valence-corrected chi connectivity index (χ0v) is 19.5. The first-order valence-electron chi connectivity index (χ1n) is 11.1. The fraction of sp³-hybridized carbons (Fsp3) is 0.296. The summed E-state index contributed by atoms with van der Waals surface area (Å²) < 4.78 is 5.52. The predicted octanol–water partition coefficient (Wildman–Crippen LogP) is 4.95. The van der Waals surface area contributed by atoms with E-state index >= 15 is 0 Å². The molecule has 170 valence electrons. The number of hydrogen-bond acceptors (Lipinski definition) is 5. The number of aliphatic hydroxyl groups is 1. The molecule has 1 heterocycles. The Balaban J connectivity index is 1.58. The highest BCUT2D eigenvalue weighted by molar-refractivity contribution is 6.33. The second kappa shape index (κ2) is 10.7. The van der Waals surface area contributed by atoms with Gasteiger partial charge in [-0.1, -0.05) is 53.6 Å². The Kier molecular flexibility index (Phi) is 7.51. The number of nitrogens with zero attached hydrogens (tertiary/aromatic N) is 3. The van der Waals surface area contributed by atoms with Crippen LogP contribution in [0.4, 0.5) is 5.69 Å². The van der Waals surface area contributed by atoms with Gasteiger partial charge in [0.25, 0.3) is 0 Å². The Labute approximate surface area is 200 Å². The van der Waals surface area contributed by atoms with Gasteiger partial charge in [-0.25, -0.2) is 0 Å². The van der Waals surface area contributed by atoms with Crippen LogP contribution in [0.15, 0.2) is 66.7 Å². The van der Waals surface area contributed by atoms with Crippen LogP contribution >= 0.6 is 11.6 Å². The number of nitriles is 1. The molecule has 0 aromatic heterocycles. The molecule has 3 aromatic carbocycles. The average Bonchev–Trinajstić information content (AvgIpc) is 2.84. The monoisotopic (exact) mass is 461 g/mol. The third kappa shape index (κ3) is 5.66. The van der Waals surface area contributed by atoms with E-state index in [0.29, 0.717) is 16.3 Å². The Morgan fingerprint density at radius 2 is 1.82 bits per heavy atom. The maximum Gasteiger partial charge on any atom is 0.121 e. The maximum atomic E-state index is 9.05. The van der Waals surface area contributed by atoms with Crippen molar-refractivity contribution in [3.63, 3.8) is 0 Å². The van der Waals surface area contributed by atoms with Gasteiger partial charge in [-0.2, -0.15) is 5.26 Å². The number of aliphatic hydroxyl groups excluding tert-OH is 1. The molecule has 5 nitrogen and oxygen atoms in total. The molecule has 0 aliphatic carbocycles. The van der Waals surface area contributed by atoms with Gasteiger partial charge in [-0.05, 0) is 42.3 Å². The number of hydrogen-bond donors (Lipinski definition) is 1. The topological polar surface area (TPSA) is 59.7 Å².